The third-order valence-electron chi connectivity index (χ3n) is 3.05. The minimum Gasteiger partial charge on any atom is -0.463 e. The summed E-state index contributed by atoms with van der Waals surface area (Å²) in [5.74, 6) is 0.671. The summed E-state index contributed by atoms with van der Waals surface area (Å²) in [6.07, 6.45) is 2.42. The number of anilines is 1. The largest absolute Gasteiger partial charge is 0.463 e. The van der Waals surface area contributed by atoms with E-state index in [1.165, 1.54) is 7.11 Å². The van der Waals surface area contributed by atoms with Crippen LogP contribution in [0.15, 0.2) is 12.3 Å². The fourth-order valence-corrected chi connectivity index (χ4v) is 1.54. The van der Waals surface area contributed by atoms with E-state index in [4.69, 9.17) is 5.73 Å². The van der Waals surface area contributed by atoms with E-state index >= 15 is 0 Å². The molecule has 106 valence electrons. The number of carbonyl (C=O) groups is 1. The molecule has 0 saturated heterocycles. The van der Waals surface area contributed by atoms with E-state index in [2.05, 4.69) is 28.6 Å². The number of hydrogen-bond acceptors (Lipinski definition) is 6. The van der Waals surface area contributed by atoms with E-state index in [1.807, 2.05) is 11.9 Å². The average molecular weight is 266 g/mol. The summed E-state index contributed by atoms with van der Waals surface area (Å²) in [5, 5.41) is 0. The van der Waals surface area contributed by atoms with Gasteiger partial charge in [0.1, 0.15) is 5.82 Å². The number of esters is 1. The molecule has 1 aromatic rings. The van der Waals surface area contributed by atoms with Gasteiger partial charge in [0.2, 0.25) is 5.82 Å². The molecule has 0 radical (unpaired) electrons. The Morgan fingerprint density at radius 3 is 2.79 bits per heavy atom. The van der Waals surface area contributed by atoms with Crippen LogP contribution in [0.5, 0.6) is 0 Å². The molecule has 1 atom stereocenters. The predicted molar refractivity (Wildman–Crippen MR) is 74.1 cm³/mol. The first-order valence-electron chi connectivity index (χ1n) is 6.33. The van der Waals surface area contributed by atoms with Crippen molar-refractivity contribution in [3.63, 3.8) is 0 Å². The minimum atomic E-state index is -0.533. The Balaban J connectivity index is 2.66. The normalized spacial score (nSPS) is 12.3. The van der Waals surface area contributed by atoms with Gasteiger partial charge in [-0.15, -0.1) is 0 Å². The fourth-order valence-electron chi connectivity index (χ4n) is 1.54. The van der Waals surface area contributed by atoms with Gasteiger partial charge in [-0.3, -0.25) is 0 Å². The van der Waals surface area contributed by atoms with E-state index in [1.54, 1.807) is 12.3 Å². The molecule has 1 heterocycles. The summed E-state index contributed by atoms with van der Waals surface area (Å²) >= 11 is 0. The van der Waals surface area contributed by atoms with E-state index in [9.17, 15) is 4.79 Å². The van der Waals surface area contributed by atoms with Crippen molar-refractivity contribution in [3.8, 4) is 0 Å². The first kappa shape index (κ1) is 15.4. The second kappa shape index (κ2) is 7.04. The van der Waals surface area contributed by atoms with E-state index in [0.29, 0.717) is 11.7 Å². The third kappa shape index (κ3) is 4.48. The van der Waals surface area contributed by atoms with Gasteiger partial charge in [0.05, 0.1) is 7.11 Å². The van der Waals surface area contributed by atoms with Gasteiger partial charge in [0.25, 0.3) is 0 Å². The molecule has 0 spiro atoms. The molecule has 0 amide bonds. The highest BCUT2D eigenvalue weighted by Crippen LogP contribution is 2.11. The number of nitrogens with two attached hydrogens (primary N) is 1. The van der Waals surface area contributed by atoms with Gasteiger partial charge in [-0.2, -0.15) is 0 Å². The van der Waals surface area contributed by atoms with Crippen LogP contribution in [0.25, 0.3) is 0 Å². The van der Waals surface area contributed by atoms with Crippen molar-refractivity contribution in [2.45, 2.75) is 26.3 Å². The van der Waals surface area contributed by atoms with Crippen molar-refractivity contribution in [2.24, 2.45) is 11.7 Å². The molecule has 1 unspecified atom stereocenters. The van der Waals surface area contributed by atoms with Gasteiger partial charge in [-0.1, -0.05) is 13.8 Å². The van der Waals surface area contributed by atoms with Gasteiger partial charge in [0, 0.05) is 25.8 Å². The highest BCUT2D eigenvalue weighted by Gasteiger charge is 2.13. The lowest BCUT2D eigenvalue weighted by molar-refractivity contribution is 0.0587. The predicted octanol–water partition coefficient (Wildman–Crippen LogP) is 1.07. The first-order valence-corrected chi connectivity index (χ1v) is 6.33. The van der Waals surface area contributed by atoms with Gasteiger partial charge in [0.15, 0.2) is 0 Å². The number of ether oxygens (including phenoxy) is 1. The number of carbonyl (C=O) groups excluding carboxylic acids is 1. The van der Waals surface area contributed by atoms with Crippen LogP contribution in [-0.2, 0) is 4.74 Å². The van der Waals surface area contributed by atoms with Gasteiger partial charge in [-0.05, 0) is 18.4 Å². The molecule has 0 fully saturated rings. The molecule has 6 heteroatoms. The van der Waals surface area contributed by atoms with Gasteiger partial charge < -0.3 is 15.4 Å². The molecule has 2 N–H and O–H groups in total. The Morgan fingerprint density at radius 2 is 2.21 bits per heavy atom. The summed E-state index contributed by atoms with van der Waals surface area (Å²) in [4.78, 5) is 21.4. The Labute approximate surface area is 114 Å². The van der Waals surface area contributed by atoms with Crippen LogP contribution in [0.4, 0.5) is 5.82 Å². The molecular formula is C13H22N4O2. The average Bonchev–Trinajstić information content (AvgIpc) is 2.43. The summed E-state index contributed by atoms with van der Waals surface area (Å²) in [5.41, 5.74) is 6.01. The van der Waals surface area contributed by atoms with Crippen molar-refractivity contribution in [1.82, 2.24) is 9.97 Å². The number of methoxy groups -OCH3 is 1. The topological polar surface area (TPSA) is 81.3 Å². The van der Waals surface area contributed by atoms with Crippen LogP contribution in [0.1, 0.15) is 30.9 Å². The number of rotatable bonds is 6. The Morgan fingerprint density at radius 1 is 1.53 bits per heavy atom. The quantitative estimate of drug-likeness (QED) is 0.776. The molecule has 0 aliphatic carbocycles. The first-order chi connectivity index (χ1) is 8.95. The second-order valence-corrected chi connectivity index (χ2v) is 4.85. The van der Waals surface area contributed by atoms with Crippen molar-refractivity contribution in [2.75, 3.05) is 25.6 Å². The maximum Gasteiger partial charge on any atom is 0.376 e. The lowest BCUT2D eigenvalue weighted by atomic mass is 10.0. The Bertz CT molecular complexity index is 423. The molecule has 0 aromatic carbocycles. The lowest BCUT2D eigenvalue weighted by Crippen LogP contribution is -2.32. The van der Waals surface area contributed by atoms with Crippen LogP contribution < -0.4 is 10.6 Å². The van der Waals surface area contributed by atoms with Crippen molar-refractivity contribution in [1.29, 1.82) is 0 Å². The molecule has 0 aliphatic rings. The van der Waals surface area contributed by atoms with Crippen molar-refractivity contribution >= 4 is 11.8 Å². The van der Waals surface area contributed by atoms with Crippen molar-refractivity contribution < 1.29 is 9.53 Å². The van der Waals surface area contributed by atoms with Crippen LogP contribution >= 0.6 is 0 Å². The van der Waals surface area contributed by atoms with Crippen LogP contribution in [0.2, 0.25) is 0 Å². The van der Waals surface area contributed by atoms with Crippen LogP contribution in [0, 0.1) is 5.92 Å². The number of nitrogens with zero attached hydrogens (tertiary/aromatic N) is 3. The summed E-state index contributed by atoms with van der Waals surface area (Å²) in [7, 11) is 3.22. The molecule has 0 saturated carbocycles. The van der Waals surface area contributed by atoms with E-state index in [0.717, 1.165) is 13.0 Å². The molecule has 6 nitrogen and oxygen atoms in total. The van der Waals surface area contributed by atoms with Gasteiger partial charge >= 0.3 is 5.97 Å². The molecule has 19 heavy (non-hydrogen) atoms. The zero-order valence-electron chi connectivity index (χ0n) is 12.0. The van der Waals surface area contributed by atoms with Crippen LogP contribution in [0.3, 0.4) is 0 Å². The molecular weight excluding hydrogens is 244 g/mol. The lowest BCUT2D eigenvalue weighted by Gasteiger charge is -2.22. The number of aromatic nitrogens is 2. The minimum absolute atomic E-state index is 0.0695. The van der Waals surface area contributed by atoms with E-state index in [-0.39, 0.29) is 11.9 Å². The SMILES string of the molecule is COC(=O)c1nccc(N(C)CCC(N)C(C)C)n1. The zero-order valence-corrected chi connectivity index (χ0v) is 12.0. The maximum atomic E-state index is 11.4. The second-order valence-electron chi connectivity index (χ2n) is 4.85. The fraction of sp³-hybridized carbons (Fsp3) is 0.615. The molecule has 0 bridgehead atoms. The molecule has 0 aliphatic heterocycles. The molecule has 1 aromatic heterocycles. The monoisotopic (exact) mass is 266 g/mol. The van der Waals surface area contributed by atoms with Crippen molar-refractivity contribution in [3.05, 3.63) is 18.1 Å². The standard InChI is InChI=1S/C13H22N4O2/c1-9(2)10(14)6-8-17(3)11-5-7-15-12(16-11)13(18)19-4/h5,7,9-10H,6,8,14H2,1-4H3. The highest BCUT2D eigenvalue weighted by atomic mass is 16.5. The van der Waals surface area contributed by atoms with E-state index < -0.39 is 5.97 Å². The summed E-state index contributed by atoms with van der Waals surface area (Å²) in [6.45, 7) is 4.98. The zero-order chi connectivity index (χ0) is 14.4. The molecule has 1 rings (SSSR count). The summed E-state index contributed by atoms with van der Waals surface area (Å²) < 4.78 is 4.60. The van der Waals surface area contributed by atoms with Gasteiger partial charge in [-0.25, -0.2) is 14.8 Å². The smallest absolute Gasteiger partial charge is 0.376 e. The summed E-state index contributed by atoms with van der Waals surface area (Å²) in [6, 6.07) is 1.91. The highest BCUT2D eigenvalue weighted by molar-refractivity contribution is 5.85. The number of hydrogen-bond donors (Lipinski definition) is 1. The van der Waals surface area contributed by atoms with Crippen LogP contribution in [-0.4, -0.2) is 42.7 Å². The Hall–Kier alpha value is -1.69. The third-order valence-corrected chi connectivity index (χ3v) is 3.05. The maximum absolute atomic E-state index is 11.4. The Kier molecular flexibility index (Phi) is 5.69.